The number of fused-ring (bicyclic) bond motifs is 1. The number of carbonyl (C=O) groups is 2. The number of carbonyl (C=O) groups excluding carboxylic acids is 2. The molecule has 2 aromatic carbocycles. The van der Waals surface area contributed by atoms with Gasteiger partial charge in [0.1, 0.15) is 23.9 Å². The van der Waals surface area contributed by atoms with Gasteiger partial charge in [0, 0.05) is 32.0 Å². The van der Waals surface area contributed by atoms with Crippen LogP contribution in [-0.2, 0) is 22.4 Å². The Hall–Kier alpha value is -4.08. The van der Waals surface area contributed by atoms with Crippen molar-refractivity contribution in [2.24, 2.45) is 5.41 Å². The van der Waals surface area contributed by atoms with Crippen molar-refractivity contribution in [1.29, 1.82) is 0 Å². The Morgan fingerprint density at radius 3 is 2.69 bits per heavy atom. The van der Waals surface area contributed by atoms with Crippen LogP contribution in [0.5, 0.6) is 17.2 Å². The first-order valence-electron chi connectivity index (χ1n) is 14.8. The van der Waals surface area contributed by atoms with Crippen molar-refractivity contribution in [2.45, 2.75) is 57.8 Å². The van der Waals surface area contributed by atoms with Crippen molar-refractivity contribution < 1.29 is 28.3 Å². The average molecular weight is 577 g/mol. The number of likely N-dealkylation sites (tertiary alicyclic amines) is 1. The zero-order valence-corrected chi connectivity index (χ0v) is 24.5. The molecule has 0 radical (unpaired) electrons. The molecule has 10 heteroatoms. The van der Waals surface area contributed by atoms with Crippen LogP contribution < -0.4 is 19.5 Å². The number of benzene rings is 2. The van der Waals surface area contributed by atoms with Gasteiger partial charge < -0.3 is 29.0 Å². The van der Waals surface area contributed by atoms with Crippen LogP contribution in [0.3, 0.4) is 0 Å². The highest BCUT2D eigenvalue weighted by molar-refractivity contribution is 5.83. The van der Waals surface area contributed by atoms with Crippen LogP contribution in [0.2, 0.25) is 0 Å². The number of aryl methyl sites for hydroxylation is 2. The monoisotopic (exact) mass is 576 g/mol. The van der Waals surface area contributed by atoms with Gasteiger partial charge in [0.25, 0.3) is 0 Å². The second-order valence-electron chi connectivity index (χ2n) is 11.0. The van der Waals surface area contributed by atoms with E-state index in [1.165, 1.54) is 5.56 Å². The first-order valence-corrected chi connectivity index (χ1v) is 14.8. The van der Waals surface area contributed by atoms with Crippen molar-refractivity contribution in [2.75, 3.05) is 40.5 Å². The molecule has 0 saturated carbocycles. The van der Waals surface area contributed by atoms with E-state index in [0.29, 0.717) is 74.3 Å². The Bertz CT molecular complexity index is 1360. The summed E-state index contributed by atoms with van der Waals surface area (Å²) in [5, 5.41) is 7.20. The number of rotatable bonds is 6. The summed E-state index contributed by atoms with van der Waals surface area (Å²) >= 11 is 0. The third-order valence-electron chi connectivity index (χ3n) is 8.44. The molecular weight excluding hydrogens is 536 g/mol. The van der Waals surface area contributed by atoms with Crippen LogP contribution in [0, 0.1) is 5.41 Å². The topological polar surface area (TPSA) is 116 Å². The number of aromatic nitrogens is 2. The summed E-state index contributed by atoms with van der Waals surface area (Å²) in [6.45, 7) is 2.02. The van der Waals surface area contributed by atoms with E-state index in [0.717, 1.165) is 37.9 Å². The third kappa shape index (κ3) is 6.86. The SMILES string of the molecule is COc1ccc(-c2noc(CCC(=O)N3CCC4(CCCCCc5ccccc5OCCNC4=O)CC3)n2)c(OC)c1. The summed E-state index contributed by atoms with van der Waals surface area (Å²) in [6.07, 6.45) is 6.84. The van der Waals surface area contributed by atoms with Crippen LogP contribution in [0.15, 0.2) is 47.0 Å². The van der Waals surface area contributed by atoms with E-state index in [1.807, 2.05) is 29.2 Å². The second kappa shape index (κ2) is 13.7. The maximum Gasteiger partial charge on any atom is 0.227 e. The van der Waals surface area contributed by atoms with Gasteiger partial charge in [-0.1, -0.05) is 36.2 Å². The summed E-state index contributed by atoms with van der Waals surface area (Å²) in [7, 11) is 3.16. The number of amides is 2. The summed E-state index contributed by atoms with van der Waals surface area (Å²) in [5.74, 6) is 3.05. The fourth-order valence-electron chi connectivity index (χ4n) is 5.92. The third-order valence-corrected chi connectivity index (χ3v) is 8.44. The quantitative estimate of drug-likeness (QED) is 0.453. The van der Waals surface area contributed by atoms with Gasteiger partial charge in [-0.05, 0) is 55.9 Å². The highest BCUT2D eigenvalue weighted by Gasteiger charge is 2.41. The smallest absolute Gasteiger partial charge is 0.227 e. The second-order valence-corrected chi connectivity index (χ2v) is 11.0. The van der Waals surface area contributed by atoms with Crippen LogP contribution in [0.25, 0.3) is 11.4 Å². The molecule has 3 aromatic rings. The first kappa shape index (κ1) is 29.4. The highest BCUT2D eigenvalue weighted by atomic mass is 16.5. The average Bonchev–Trinajstić information content (AvgIpc) is 3.51. The minimum absolute atomic E-state index is 0.0304. The molecule has 1 N–H and O–H groups in total. The molecule has 2 aliphatic rings. The Balaban J connectivity index is 1.14. The molecule has 0 atom stereocenters. The molecule has 1 saturated heterocycles. The van der Waals surface area contributed by atoms with Gasteiger partial charge in [0.2, 0.25) is 23.5 Å². The number of para-hydroxylation sites is 1. The fraction of sp³-hybridized carbons (Fsp3) is 0.500. The molecule has 2 aliphatic heterocycles. The van der Waals surface area contributed by atoms with E-state index in [1.54, 1.807) is 26.4 Å². The predicted octanol–water partition coefficient (Wildman–Crippen LogP) is 4.61. The molecule has 10 nitrogen and oxygen atoms in total. The van der Waals surface area contributed by atoms with E-state index in [2.05, 4.69) is 21.5 Å². The lowest BCUT2D eigenvalue weighted by Crippen LogP contribution is -2.50. The fourth-order valence-corrected chi connectivity index (χ4v) is 5.92. The van der Waals surface area contributed by atoms with Gasteiger partial charge >= 0.3 is 0 Å². The van der Waals surface area contributed by atoms with Gasteiger partial charge in [-0.2, -0.15) is 4.98 Å². The Morgan fingerprint density at radius 1 is 1.05 bits per heavy atom. The van der Waals surface area contributed by atoms with Crippen LogP contribution >= 0.6 is 0 Å². The highest BCUT2D eigenvalue weighted by Crippen LogP contribution is 2.38. The zero-order chi connectivity index (χ0) is 29.4. The normalized spacial score (nSPS) is 17.6. The molecule has 0 bridgehead atoms. The molecule has 2 amide bonds. The Morgan fingerprint density at radius 2 is 1.88 bits per heavy atom. The molecule has 0 unspecified atom stereocenters. The Kier molecular flexibility index (Phi) is 9.61. The molecule has 42 heavy (non-hydrogen) atoms. The van der Waals surface area contributed by atoms with E-state index >= 15 is 0 Å². The molecule has 1 spiro atoms. The number of methoxy groups -OCH3 is 2. The van der Waals surface area contributed by atoms with E-state index in [-0.39, 0.29) is 18.2 Å². The van der Waals surface area contributed by atoms with Gasteiger partial charge in [-0.3, -0.25) is 9.59 Å². The molecule has 1 aromatic heterocycles. The summed E-state index contributed by atoms with van der Waals surface area (Å²) in [5.41, 5.74) is 1.46. The van der Waals surface area contributed by atoms with Crippen molar-refractivity contribution >= 4 is 11.8 Å². The summed E-state index contributed by atoms with van der Waals surface area (Å²) < 4.78 is 22.1. The van der Waals surface area contributed by atoms with Crippen molar-refractivity contribution in [1.82, 2.24) is 20.4 Å². The minimum Gasteiger partial charge on any atom is -0.497 e. The lowest BCUT2D eigenvalue weighted by atomic mass is 9.73. The predicted molar refractivity (Wildman–Crippen MR) is 157 cm³/mol. The van der Waals surface area contributed by atoms with Gasteiger partial charge in [0.05, 0.1) is 31.7 Å². The van der Waals surface area contributed by atoms with Gasteiger partial charge in [-0.25, -0.2) is 0 Å². The lowest BCUT2D eigenvalue weighted by molar-refractivity contribution is -0.141. The van der Waals surface area contributed by atoms with Crippen LogP contribution in [0.1, 0.15) is 56.4 Å². The van der Waals surface area contributed by atoms with E-state index in [9.17, 15) is 9.59 Å². The molecular formula is C32H40N4O6. The number of piperidine rings is 1. The zero-order valence-electron chi connectivity index (χ0n) is 24.5. The molecule has 5 rings (SSSR count). The van der Waals surface area contributed by atoms with Crippen LogP contribution in [-0.4, -0.2) is 67.3 Å². The standard InChI is InChI=1S/C32H40N4O6/c1-39-24-11-12-25(27(22-24)40-2)30-34-28(42-35-30)13-14-29(37)36-19-16-32(17-20-36)15-7-3-4-8-23-9-5-6-10-26(23)41-21-18-33-31(32)38/h5-6,9-12,22H,3-4,7-8,13-21H2,1-2H3,(H,33,38). The maximum absolute atomic E-state index is 13.4. The van der Waals surface area contributed by atoms with Crippen molar-refractivity contribution in [3.8, 4) is 28.6 Å². The Labute approximate surface area is 246 Å². The van der Waals surface area contributed by atoms with Gasteiger partial charge in [0.15, 0.2) is 0 Å². The minimum atomic E-state index is -0.448. The number of hydrogen-bond donors (Lipinski definition) is 1. The molecule has 0 aliphatic carbocycles. The molecule has 224 valence electrons. The molecule has 1 fully saturated rings. The number of nitrogens with one attached hydrogen (secondary N) is 1. The largest absolute Gasteiger partial charge is 0.497 e. The number of hydrogen-bond acceptors (Lipinski definition) is 8. The molecule has 3 heterocycles. The maximum atomic E-state index is 13.4. The van der Waals surface area contributed by atoms with Gasteiger partial charge in [-0.15, -0.1) is 0 Å². The number of nitrogens with zero attached hydrogens (tertiary/aromatic N) is 3. The summed E-state index contributed by atoms with van der Waals surface area (Å²) in [4.78, 5) is 32.9. The van der Waals surface area contributed by atoms with Crippen molar-refractivity contribution in [3.63, 3.8) is 0 Å². The van der Waals surface area contributed by atoms with E-state index in [4.69, 9.17) is 18.7 Å². The van der Waals surface area contributed by atoms with E-state index < -0.39 is 5.41 Å². The lowest BCUT2D eigenvalue weighted by Gasteiger charge is -2.41. The number of ether oxygens (including phenoxy) is 3. The first-order chi connectivity index (χ1) is 20.5. The summed E-state index contributed by atoms with van der Waals surface area (Å²) in [6, 6.07) is 13.5. The van der Waals surface area contributed by atoms with Crippen LogP contribution in [0.4, 0.5) is 0 Å². The van der Waals surface area contributed by atoms with Crippen molar-refractivity contribution in [3.05, 3.63) is 53.9 Å².